The molecule has 0 spiro atoms. The Labute approximate surface area is 167 Å². The number of hydrogen-bond donors (Lipinski definition) is 0. The van der Waals surface area contributed by atoms with Crippen LogP contribution in [0, 0.1) is 0 Å². The lowest BCUT2D eigenvalue weighted by molar-refractivity contribution is 0.0226. The summed E-state index contributed by atoms with van der Waals surface area (Å²) >= 11 is 0. The van der Waals surface area contributed by atoms with E-state index in [4.69, 9.17) is 4.74 Å². The molecule has 3 aromatic rings. The largest absolute Gasteiger partial charge is 0.379 e. The molecule has 1 atom stereocenters. The molecule has 0 saturated carbocycles. The van der Waals surface area contributed by atoms with E-state index < -0.39 is 0 Å². The predicted octanol–water partition coefficient (Wildman–Crippen LogP) is 3.96. The van der Waals surface area contributed by atoms with Gasteiger partial charge in [-0.2, -0.15) is 0 Å². The van der Waals surface area contributed by atoms with Crippen molar-refractivity contribution in [1.82, 2.24) is 14.8 Å². The van der Waals surface area contributed by atoms with Crippen LogP contribution in [0.4, 0.5) is 0 Å². The van der Waals surface area contributed by atoms with E-state index in [-0.39, 0.29) is 0 Å². The first-order valence-corrected chi connectivity index (χ1v) is 10.2. The summed E-state index contributed by atoms with van der Waals surface area (Å²) in [6.45, 7) is 8.99. The molecule has 0 radical (unpaired) electrons. The van der Waals surface area contributed by atoms with E-state index >= 15 is 0 Å². The molecule has 0 amide bonds. The summed E-state index contributed by atoms with van der Waals surface area (Å²) < 4.78 is 5.52. The van der Waals surface area contributed by atoms with Crippen molar-refractivity contribution >= 4 is 10.9 Å². The van der Waals surface area contributed by atoms with Gasteiger partial charge < -0.3 is 4.74 Å². The fraction of sp³-hybridized carbons (Fsp3) is 0.375. The third-order valence-corrected chi connectivity index (χ3v) is 5.57. The molecular weight excluding hydrogens is 346 g/mol. The average molecular weight is 376 g/mol. The summed E-state index contributed by atoms with van der Waals surface area (Å²) in [5.74, 6) is 0. The van der Waals surface area contributed by atoms with Crippen LogP contribution in [0.2, 0.25) is 0 Å². The third kappa shape index (κ3) is 4.76. The van der Waals surface area contributed by atoms with Gasteiger partial charge in [0.2, 0.25) is 0 Å². The number of para-hydroxylation sites is 1. The van der Waals surface area contributed by atoms with Crippen LogP contribution in [0.3, 0.4) is 0 Å². The van der Waals surface area contributed by atoms with Gasteiger partial charge in [0, 0.05) is 50.3 Å². The van der Waals surface area contributed by atoms with Crippen LogP contribution >= 0.6 is 0 Å². The van der Waals surface area contributed by atoms with Gasteiger partial charge in [0.15, 0.2) is 0 Å². The van der Waals surface area contributed by atoms with Crippen molar-refractivity contribution in [3.63, 3.8) is 0 Å². The van der Waals surface area contributed by atoms with E-state index in [0.717, 1.165) is 51.5 Å². The number of morpholine rings is 1. The standard InChI is InChI=1S/C24H29N3O/c1-20(17-26-13-15-28-16-14-26)27(18-21-7-3-2-4-8-21)19-23-10-5-9-22-11-6-12-25-24(22)23/h2-12,20H,13-19H2,1H3. The van der Waals surface area contributed by atoms with Crippen molar-refractivity contribution in [3.05, 3.63) is 78.0 Å². The maximum Gasteiger partial charge on any atom is 0.0746 e. The summed E-state index contributed by atoms with van der Waals surface area (Å²) in [7, 11) is 0. The van der Waals surface area contributed by atoms with Gasteiger partial charge in [-0.1, -0.05) is 54.6 Å². The molecule has 1 unspecified atom stereocenters. The molecule has 0 N–H and O–H groups in total. The highest BCUT2D eigenvalue weighted by Gasteiger charge is 2.20. The fourth-order valence-electron chi connectivity index (χ4n) is 3.97. The Hall–Kier alpha value is -2.27. The lowest BCUT2D eigenvalue weighted by Gasteiger charge is -2.35. The van der Waals surface area contributed by atoms with Gasteiger partial charge in [-0.25, -0.2) is 0 Å². The molecule has 4 heteroatoms. The minimum absolute atomic E-state index is 0.442. The smallest absolute Gasteiger partial charge is 0.0746 e. The first-order valence-electron chi connectivity index (χ1n) is 10.2. The Kier molecular flexibility index (Phi) is 6.32. The topological polar surface area (TPSA) is 28.6 Å². The molecule has 28 heavy (non-hydrogen) atoms. The zero-order valence-corrected chi connectivity index (χ0v) is 16.6. The van der Waals surface area contributed by atoms with Crippen LogP contribution in [-0.4, -0.2) is 53.7 Å². The predicted molar refractivity (Wildman–Crippen MR) is 114 cm³/mol. The van der Waals surface area contributed by atoms with Crippen molar-refractivity contribution in [3.8, 4) is 0 Å². The number of rotatable bonds is 7. The van der Waals surface area contributed by atoms with Gasteiger partial charge in [0.25, 0.3) is 0 Å². The summed E-state index contributed by atoms with van der Waals surface area (Å²) in [6, 6.07) is 21.9. The molecular formula is C24H29N3O. The normalized spacial score (nSPS) is 16.5. The lowest BCUT2D eigenvalue weighted by Crippen LogP contribution is -2.45. The van der Waals surface area contributed by atoms with Gasteiger partial charge in [-0.05, 0) is 24.1 Å². The molecule has 4 rings (SSSR count). The van der Waals surface area contributed by atoms with Crippen molar-refractivity contribution in [1.29, 1.82) is 0 Å². The van der Waals surface area contributed by atoms with Crippen molar-refractivity contribution in [2.75, 3.05) is 32.8 Å². The van der Waals surface area contributed by atoms with Crippen LogP contribution in [0.5, 0.6) is 0 Å². The average Bonchev–Trinajstić information content (AvgIpc) is 2.75. The summed E-state index contributed by atoms with van der Waals surface area (Å²) in [5.41, 5.74) is 3.76. The number of ether oxygens (including phenoxy) is 1. The minimum Gasteiger partial charge on any atom is -0.379 e. The monoisotopic (exact) mass is 375 g/mol. The molecule has 0 bridgehead atoms. The van der Waals surface area contributed by atoms with Crippen LogP contribution < -0.4 is 0 Å². The number of nitrogens with zero attached hydrogens (tertiary/aromatic N) is 3. The molecule has 0 aliphatic carbocycles. The SMILES string of the molecule is CC(CN1CCOCC1)N(Cc1ccccc1)Cc1cccc2cccnc12. The maximum absolute atomic E-state index is 5.52. The number of benzene rings is 2. The van der Waals surface area contributed by atoms with Gasteiger partial charge in [0.1, 0.15) is 0 Å². The van der Waals surface area contributed by atoms with Crippen LogP contribution in [0.1, 0.15) is 18.1 Å². The van der Waals surface area contributed by atoms with Crippen molar-refractivity contribution in [2.24, 2.45) is 0 Å². The number of hydrogen-bond acceptors (Lipinski definition) is 4. The fourth-order valence-corrected chi connectivity index (χ4v) is 3.97. The van der Waals surface area contributed by atoms with Gasteiger partial charge in [-0.3, -0.25) is 14.8 Å². The van der Waals surface area contributed by atoms with Crippen LogP contribution in [-0.2, 0) is 17.8 Å². The van der Waals surface area contributed by atoms with Crippen LogP contribution in [0.15, 0.2) is 66.9 Å². The zero-order chi connectivity index (χ0) is 19.2. The van der Waals surface area contributed by atoms with E-state index in [1.54, 1.807) is 0 Å². The molecule has 1 saturated heterocycles. The summed E-state index contributed by atoms with van der Waals surface area (Å²) in [6.07, 6.45) is 1.89. The second kappa shape index (κ2) is 9.28. The van der Waals surface area contributed by atoms with E-state index in [0.29, 0.717) is 6.04 Å². The molecule has 1 aliphatic rings. The Bertz CT molecular complexity index is 872. The van der Waals surface area contributed by atoms with E-state index in [1.165, 1.54) is 16.5 Å². The number of pyridine rings is 1. The second-order valence-electron chi connectivity index (χ2n) is 7.64. The quantitative estimate of drug-likeness (QED) is 0.625. The molecule has 1 aliphatic heterocycles. The lowest BCUT2D eigenvalue weighted by atomic mass is 10.1. The van der Waals surface area contributed by atoms with Gasteiger partial charge in [-0.15, -0.1) is 0 Å². The molecule has 2 heterocycles. The molecule has 1 fully saturated rings. The Balaban J connectivity index is 1.56. The highest BCUT2D eigenvalue weighted by molar-refractivity contribution is 5.81. The second-order valence-corrected chi connectivity index (χ2v) is 7.64. The molecule has 146 valence electrons. The minimum atomic E-state index is 0.442. The van der Waals surface area contributed by atoms with E-state index in [9.17, 15) is 0 Å². The molecule has 4 nitrogen and oxygen atoms in total. The van der Waals surface area contributed by atoms with Crippen molar-refractivity contribution < 1.29 is 4.74 Å². The Morgan fingerprint density at radius 2 is 1.75 bits per heavy atom. The highest BCUT2D eigenvalue weighted by atomic mass is 16.5. The van der Waals surface area contributed by atoms with Crippen LogP contribution in [0.25, 0.3) is 10.9 Å². The summed E-state index contributed by atoms with van der Waals surface area (Å²) in [5, 5.41) is 1.21. The maximum atomic E-state index is 5.52. The van der Waals surface area contributed by atoms with Gasteiger partial charge >= 0.3 is 0 Å². The zero-order valence-electron chi connectivity index (χ0n) is 16.6. The molecule has 1 aromatic heterocycles. The van der Waals surface area contributed by atoms with Crippen molar-refractivity contribution in [2.45, 2.75) is 26.1 Å². The number of aromatic nitrogens is 1. The molecule has 2 aromatic carbocycles. The van der Waals surface area contributed by atoms with E-state index in [1.807, 2.05) is 12.3 Å². The van der Waals surface area contributed by atoms with Gasteiger partial charge in [0.05, 0.1) is 18.7 Å². The first-order chi connectivity index (χ1) is 13.8. The summed E-state index contributed by atoms with van der Waals surface area (Å²) in [4.78, 5) is 9.76. The highest BCUT2D eigenvalue weighted by Crippen LogP contribution is 2.21. The Morgan fingerprint density at radius 3 is 2.57 bits per heavy atom. The third-order valence-electron chi connectivity index (χ3n) is 5.57. The van der Waals surface area contributed by atoms with E-state index in [2.05, 4.69) is 76.3 Å². The number of fused-ring (bicyclic) bond motifs is 1. The first kappa shape index (κ1) is 19.1. The Morgan fingerprint density at radius 1 is 0.964 bits per heavy atom.